The highest BCUT2D eigenvalue weighted by Gasteiger charge is 2.11. The number of aryl methyl sites for hydroxylation is 3. The van der Waals surface area contributed by atoms with Crippen molar-refractivity contribution in [3.05, 3.63) is 64.7 Å². The average molecular weight is 369 g/mol. The standard InChI is InChI=1S/C23H33N2P/c1-6-9-13-20-14-16-21(17-15-20)23(25-26(7-2)8-3)24-22-18(4)11-10-12-19(22)5/h10-12,14-17H,6-9,13H2,1-5H3,(H,24,25). The maximum Gasteiger partial charge on any atom is 0.137 e. The van der Waals surface area contributed by atoms with Gasteiger partial charge in [0.05, 0.1) is 5.69 Å². The molecule has 2 nitrogen and oxygen atoms in total. The molecular formula is C23H33N2P. The fourth-order valence-electron chi connectivity index (χ4n) is 2.99. The van der Waals surface area contributed by atoms with Crippen molar-refractivity contribution in [3.63, 3.8) is 0 Å². The van der Waals surface area contributed by atoms with Crippen LogP contribution in [-0.4, -0.2) is 18.2 Å². The van der Waals surface area contributed by atoms with Crippen molar-refractivity contribution in [2.75, 3.05) is 12.3 Å². The van der Waals surface area contributed by atoms with Crippen LogP contribution in [0.4, 0.5) is 5.69 Å². The number of nitrogens with zero attached hydrogens (tertiary/aromatic N) is 1. The number of benzene rings is 2. The molecule has 0 aromatic heterocycles. The van der Waals surface area contributed by atoms with E-state index in [0.29, 0.717) is 0 Å². The van der Waals surface area contributed by atoms with Crippen LogP contribution in [0.25, 0.3) is 0 Å². The zero-order chi connectivity index (χ0) is 18.9. The third-order valence-corrected chi connectivity index (χ3v) is 6.79. The summed E-state index contributed by atoms with van der Waals surface area (Å²) < 4.78 is 0. The van der Waals surface area contributed by atoms with Crippen LogP contribution >= 0.6 is 8.07 Å². The Morgan fingerprint density at radius 1 is 0.923 bits per heavy atom. The van der Waals surface area contributed by atoms with Crippen molar-refractivity contribution in [1.29, 1.82) is 0 Å². The summed E-state index contributed by atoms with van der Waals surface area (Å²) in [5, 5.41) is 3.75. The van der Waals surface area contributed by atoms with E-state index in [4.69, 9.17) is 4.99 Å². The fraction of sp³-hybridized carbons (Fsp3) is 0.435. The van der Waals surface area contributed by atoms with Crippen molar-refractivity contribution in [2.45, 2.75) is 53.9 Å². The minimum absolute atomic E-state index is 0.232. The summed E-state index contributed by atoms with van der Waals surface area (Å²) in [5.41, 5.74) is 6.13. The molecule has 0 spiro atoms. The quantitative estimate of drug-likeness (QED) is 0.311. The summed E-state index contributed by atoms with van der Waals surface area (Å²) in [6.07, 6.45) is 5.96. The molecule has 2 aromatic rings. The lowest BCUT2D eigenvalue weighted by molar-refractivity contribution is 0.795. The monoisotopic (exact) mass is 368 g/mol. The van der Waals surface area contributed by atoms with Gasteiger partial charge in [0.25, 0.3) is 0 Å². The first-order valence-electron chi connectivity index (χ1n) is 9.84. The number of rotatable bonds is 8. The number of unbranched alkanes of at least 4 members (excludes halogenated alkanes) is 1. The number of para-hydroxylation sites is 1. The Kier molecular flexibility index (Phi) is 8.32. The maximum atomic E-state index is 5.08. The highest BCUT2D eigenvalue weighted by molar-refractivity contribution is 7.56. The molecule has 0 aliphatic rings. The second-order valence-electron chi connectivity index (χ2n) is 6.79. The normalized spacial score (nSPS) is 11.8. The van der Waals surface area contributed by atoms with Gasteiger partial charge in [-0.05, 0) is 63.8 Å². The number of amidine groups is 1. The Morgan fingerprint density at radius 2 is 1.54 bits per heavy atom. The lowest BCUT2D eigenvalue weighted by atomic mass is 10.1. The molecular weight excluding hydrogens is 335 g/mol. The van der Waals surface area contributed by atoms with Gasteiger partial charge in [-0.15, -0.1) is 0 Å². The first-order chi connectivity index (χ1) is 12.6. The number of hydrogen-bond donors (Lipinski definition) is 1. The zero-order valence-corrected chi connectivity index (χ0v) is 17.9. The van der Waals surface area contributed by atoms with Crippen molar-refractivity contribution >= 4 is 19.6 Å². The number of nitrogens with one attached hydrogen (secondary N) is 1. The van der Waals surface area contributed by atoms with E-state index in [-0.39, 0.29) is 8.07 Å². The molecule has 3 heteroatoms. The van der Waals surface area contributed by atoms with Crippen LogP contribution in [0, 0.1) is 13.8 Å². The lowest BCUT2D eigenvalue weighted by Crippen LogP contribution is -2.21. The highest BCUT2D eigenvalue weighted by atomic mass is 31.1. The van der Waals surface area contributed by atoms with Crippen LogP contribution in [0.15, 0.2) is 47.5 Å². The van der Waals surface area contributed by atoms with Gasteiger partial charge in [-0.1, -0.05) is 69.7 Å². The van der Waals surface area contributed by atoms with E-state index in [0.717, 1.165) is 30.3 Å². The molecule has 2 aromatic carbocycles. The average Bonchev–Trinajstić information content (AvgIpc) is 2.66. The second kappa shape index (κ2) is 10.5. The Balaban J connectivity index is 2.39. The van der Waals surface area contributed by atoms with Crippen molar-refractivity contribution in [3.8, 4) is 0 Å². The molecule has 0 atom stereocenters. The van der Waals surface area contributed by atoms with Gasteiger partial charge in [0.15, 0.2) is 0 Å². The van der Waals surface area contributed by atoms with Crippen LogP contribution in [0.2, 0.25) is 0 Å². The van der Waals surface area contributed by atoms with Crippen LogP contribution in [0.1, 0.15) is 55.9 Å². The second-order valence-corrected chi connectivity index (χ2v) is 9.35. The van der Waals surface area contributed by atoms with E-state index in [1.165, 1.54) is 35.1 Å². The summed E-state index contributed by atoms with van der Waals surface area (Å²) in [6.45, 7) is 11.0. The SMILES string of the molecule is CCCCc1ccc(/C(=N\c2c(C)cccc2C)NP(CC)CC)cc1. The lowest BCUT2D eigenvalue weighted by Gasteiger charge is -2.19. The molecule has 0 aliphatic heterocycles. The van der Waals surface area contributed by atoms with Gasteiger partial charge in [0, 0.05) is 5.56 Å². The molecule has 140 valence electrons. The third kappa shape index (κ3) is 5.68. The molecule has 0 radical (unpaired) electrons. The Morgan fingerprint density at radius 3 is 2.08 bits per heavy atom. The summed E-state index contributed by atoms with van der Waals surface area (Å²) >= 11 is 0. The molecule has 26 heavy (non-hydrogen) atoms. The summed E-state index contributed by atoms with van der Waals surface area (Å²) in [7, 11) is -0.232. The van der Waals surface area contributed by atoms with E-state index in [1.54, 1.807) is 0 Å². The van der Waals surface area contributed by atoms with Crippen LogP contribution in [0.3, 0.4) is 0 Å². The minimum Gasteiger partial charge on any atom is -0.349 e. The molecule has 0 bridgehead atoms. The number of hydrogen-bond acceptors (Lipinski definition) is 1. The predicted molar refractivity (Wildman–Crippen MR) is 118 cm³/mol. The summed E-state index contributed by atoms with van der Waals surface area (Å²) in [6, 6.07) is 15.3. The smallest absolute Gasteiger partial charge is 0.137 e. The molecule has 0 aliphatic carbocycles. The van der Waals surface area contributed by atoms with Gasteiger partial charge in [-0.3, -0.25) is 0 Å². The van der Waals surface area contributed by atoms with Crippen LogP contribution in [-0.2, 0) is 6.42 Å². The molecule has 0 fully saturated rings. The molecule has 0 saturated heterocycles. The predicted octanol–water partition coefficient (Wildman–Crippen LogP) is 6.75. The Labute approximate surface area is 161 Å². The minimum atomic E-state index is -0.232. The molecule has 0 heterocycles. The van der Waals surface area contributed by atoms with E-state index in [2.05, 4.69) is 82.2 Å². The van der Waals surface area contributed by atoms with Gasteiger partial charge in [0.2, 0.25) is 0 Å². The number of aliphatic imine (C=N–C) groups is 1. The van der Waals surface area contributed by atoms with Gasteiger partial charge < -0.3 is 5.09 Å². The molecule has 0 amide bonds. The largest absolute Gasteiger partial charge is 0.349 e. The molecule has 1 N–H and O–H groups in total. The van der Waals surface area contributed by atoms with Crippen LogP contribution < -0.4 is 5.09 Å². The molecule has 0 unspecified atom stereocenters. The topological polar surface area (TPSA) is 24.4 Å². The molecule has 2 rings (SSSR count). The first-order valence-corrected chi connectivity index (χ1v) is 11.6. The van der Waals surface area contributed by atoms with E-state index >= 15 is 0 Å². The Bertz CT molecular complexity index is 695. The van der Waals surface area contributed by atoms with E-state index < -0.39 is 0 Å². The van der Waals surface area contributed by atoms with Gasteiger partial charge in [-0.25, -0.2) is 4.99 Å². The fourth-order valence-corrected chi connectivity index (χ4v) is 4.23. The van der Waals surface area contributed by atoms with Crippen molar-refractivity contribution in [1.82, 2.24) is 5.09 Å². The van der Waals surface area contributed by atoms with Crippen LogP contribution in [0.5, 0.6) is 0 Å². The maximum absolute atomic E-state index is 5.08. The van der Waals surface area contributed by atoms with Crippen molar-refractivity contribution < 1.29 is 0 Å². The van der Waals surface area contributed by atoms with E-state index in [9.17, 15) is 0 Å². The van der Waals surface area contributed by atoms with E-state index in [1.807, 2.05) is 0 Å². The molecule has 0 saturated carbocycles. The third-order valence-electron chi connectivity index (χ3n) is 4.74. The highest BCUT2D eigenvalue weighted by Crippen LogP contribution is 2.31. The first kappa shape index (κ1) is 20.6. The summed E-state index contributed by atoms with van der Waals surface area (Å²) in [4.78, 5) is 5.08. The Hall–Kier alpha value is -1.66. The van der Waals surface area contributed by atoms with Gasteiger partial charge >= 0.3 is 0 Å². The van der Waals surface area contributed by atoms with Gasteiger partial charge in [-0.2, -0.15) is 0 Å². The van der Waals surface area contributed by atoms with Gasteiger partial charge in [0.1, 0.15) is 5.84 Å². The summed E-state index contributed by atoms with van der Waals surface area (Å²) in [5.74, 6) is 1.01. The zero-order valence-electron chi connectivity index (χ0n) is 17.0. The van der Waals surface area contributed by atoms with Crippen molar-refractivity contribution in [2.24, 2.45) is 4.99 Å².